The number of nitrogens with one attached hydrogen (secondary N) is 1. The van der Waals surface area contributed by atoms with Gasteiger partial charge in [-0.25, -0.2) is 4.39 Å². The van der Waals surface area contributed by atoms with Crippen LogP contribution < -0.4 is 5.32 Å². The molecule has 1 heterocycles. The molecule has 0 saturated carbocycles. The molecule has 0 amide bonds. The lowest BCUT2D eigenvalue weighted by Gasteiger charge is -2.24. The summed E-state index contributed by atoms with van der Waals surface area (Å²) in [7, 11) is 0. The Kier molecular flexibility index (Phi) is 4.60. The Morgan fingerprint density at radius 3 is 2.83 bits per heavy atom. The van der Waals surface area contributed by atoms with E-state index in [1.807, 2.05) is 13.0 Å². The van der Waals surface area contributed by atoms with Crippen molar-refractivity contribution in [1.82, 2.24) is 5.32 Å². The predicted octanol–water partition coefficient (Wildman–Crippen LogP) is 3.70. The summed E-state index contributed by atoms with van der Waals surface area (Å²) in [6.45, 7) is 4.98. The molecule has 1 fully saturated rings. The van der Waals surface area contributed by atoms with Crippen LogP contribution in [-0.4, -0.2) is 18.8 Å². The van der Waals surface area contributed by atoms with Gasteiger partial charge >= 0.3 is 0 Å². The molecule has 1 aliphatic rings. The van der Waals surface area contributed by atoms with Crippen molar-refractivity contribution >= 4 is 11.6 Å². The fourth-order valence-corrected chi connectivity index (χ4v) is 2.49. The normalized spacial score (nSPS) is 23.0. The largest absolute Gasteiger partial charge is 0.377 e. The molecule has 3 atom stereocenters. The monoisotopic (exact) mass is 271 g/mol. The summed E-state index contributed by atoms with van der Waals surface area (Å²) >= 11 is 5.68. The molecule has 4 heteroatoms. The van der Waals surface area contributed by atoms with E-state index in [-0.39, 0.29) is 29.0 Å². The maximum Gasteiger partial charge on any atom is 0.142 e. The van der Waals surface area contributed by atoms with Gasteiger partial charge in [0.2, 0.25) is 0 Å². The maximum absolute atomic E-state index is 13.4. The Labute approximate surface area is 112 Å². The molecule has 1 aromatic carbocycles. The van der Waals surface area contributed by atoms with Gasteiger partial charge in [-0.1, -0.05) is 17.7 Å². The fourth-order valence-electron chi connectivity index (χ4n) is 2.38. The van der Waals surface area contributed by atoms with Crippen molar-refractivity contribution < 1.29 is 9.13 Å². The highest BCUT2D eigenvalue weighted by molar-refractivity contribution is 6.30. The van der Waals surface area contributed by atoms with Gasteiger partial charge in [0.25, 0.3) is 0 Å². The van der Waals surface area contributed by atoms with E-state index in [0.717, 1.165) is 25.0 Å². The molecule has 2 rings (SSSR count). The minimum absolute atomic E-state index is 0.0796. The zero-order chi connectivity index (χ0) is 13.1. The number of rotatable bonds is 4. The summed E-state index contributed by atoms with van der Waals surface area (Å²) in [6, 6.07) is 5.28. The Balaban J connectivity index is 1.97. The van der Waals surface area contributed by atoms with Gasteiger partial charge in [-0.15, -0.1) is 0 Å². The van der Waals surface area contributed by atoms with Crippen LogP contribution >= 0.6 is 11.6 Å². The molecule has 1 aliphatic heterocycles. The van der Waals surface area contributed by atoms with Crippen LogP contribution in [0.5, 0.6) is 0 Å². The zero-order valence-electron chi connectivity index (χ0n) is 10.7. The highest BCUT2D eigenvalue weighted by Crippen LogP contribution is 2.22. The van der Waals surface area contributed by atoms with Crippen LogP contribution in [0.15, 0.2) is 18.2 Å². The van der Waals surface area contributed by atoms with E-state index in [9.17, 15) is 4.39 Å². The second-order valence-corrected chi connectivity index (χ2v) is 5.31. The summed E-state index contributed by atoms with van der Waals surface area (Å²) in [6.07, 6.45) is 2.49. The standard InChI is InChI=1S/C14H19ClFNO/c1-9(11-5-6-12(15)13(16)8-11)17-10(2)14-4-3-7-18-14/h5-6,8-10,14,17H,3-4,7H2,1-2H3. The van der Waals surface area contributed by atoms with Gasteiger partial charge < -0.3 is 10.1 Å². The first-order chi connectivity index (χ1) is 8.58. The SMILES string of the molecule is CC(NC(C)C1CCCO1)c1ccc(Cl)c(F)c1. The van der Waals surface area contributed by atoms with Crippen LogP contribution in [0.25, 0.3) is 0 Å². The molecule has 100 valence electrons. The molecular weight excluding hydrogens is 253 g/mol. The number of halogens is 2. The van der Waals surface area contributed by atoms with Crippen LogP contribution in [0.4, 0.5) is 4.39 Å². The summed E-state index contributed by atoms with van der Waals surface area (Å²) in [5, 5.41) is 3.61. The van der Waals surface area contributed by atoms with Gasteiger partial charge in [0.05, 0.1) is 11.1 Å². The topological polar surface area (TPSA) is 21.3 Å². The lowest BCUT2D eigenvalue weighted by atomic mass is 10.0. The van der Waals surface area contributed by atoms with Gasteiger partial charge in [0.1, 0.15) is 5.82 Å². The average Bonchev–Trinajstić information content (AvgIpc) is 2.86. The number of hydrogen-bond donors (Lipinski definition) is 1. The van der Waals surface area contributed by atoms with Crippen molar-refractivity contribution in [3.63, 3.8) is 0 Å². The first-order valence-corrected chi connectivity index (χ1v) is 6.78. The zero-order valence-corrected chi connectivity index (χ0v) is 11.5. The van der Waals surface area contributed by atoms with Gasteiger partial charge in [-0.05, 0) is 44.4 Å². The van der Waals surface area contributed by atoms with E-state index in [2.05, 4.69) is 12.2 Å². The van der Waals surface area contributed by atoms with Crippen LogP contribution in [0.2, 0.25) is 5.02 Å². The molecule has 3 unspecified atom stereocenters. The van der Waals surface area contributed by atoms with Crippen molar-refractivity contribution in [1.29, 1.82) is 0 Å². The van der Waals surface area contributed by atoms with Crippen LogP contribution in [0.3, 0.4) is 0 Å². The molecule has 0 spiro atoms. The first kappa shape index (κ1) is 13.8. The lowest BCUT2D eigenvalue weighted by Crippen LogP contribution is -2.38. The molecule has 1 aromatic rings. The van der Waals surface area contributed by atoms with E-state index in [0.29, 0.717) is 0 Å². The van der Waals surface area contributed by atoms with Gasteiger partial charge in [-0.2, -0.15) is 0 Å². The Morgan fingerprint density at radius 2 is 2.22 bits per heavy atom. The average molecular weight is 272 g/mol. The third kappa shape index (κ3) is 3.22. The summed E-state index contributed by atoms with van der Waals surface area (Å²) in [5.74, 6) is -0.368. The first-order valence-electron chi connectivity index (χ1n) is 6.40. The quantitative estimate of drug-likeness (QED) is 0.902. The molecule has 1 saturated heterocycles. The Morgan fingerprint density at radius 1 is 1.44 bits per heavy atom. The lowest BCUT2D eigenvalue weighted by molar-refractivity contribution is 0.0804. The van der Waals surface area contributed by atoms with Crippen molar-refractivity contribution in [3.8, 4) is 0 Å². The van der Waals surface area contributed by atoms with Crippen molar-refractivity contribution in [2.45, 2.75) is 44.9 Å². The minimum atomic E-state index is -0.368. The number of ether oxygens (including phenoxy) is 1. The molecule has 0 bridgehead atoms. The summed E-state index contributed by atoms with van der Waals surface area (Å²) in [4.78, 5) is 0. The minimum Gasteiger partial charge on any atom is -0.377 e. The van der Waals surface area contributed by atoms with Gasteiger partial charge in [0.15, 0.2) is 0 Å². The second-order valence-electron chi connectivity index (χ2n) is 4.90. The van der Waals surface area contributed by atoms with Crippen LogP contribution in [0, 0.1) is 5.82 Å². The smallest absolute Gasteiger partial charge is 0.142 e. The Hall–Kier alpha value is -0.640. The molecule has 1 N–H and O–H groups in total. The molecule has 2 nitrogen and oxygen atoms in total. The second kappa shape index (κ2) is 6.00. The highest BCUT2D eigenvalue weighted by atomic mass is 35.5. The summed E-state index contributed by atoms with van der Waals surface area (Å²) in [5.41, 5.74) is 0.904. The predicted molar refractivity (Wildman–Crippen MR) is 71.4 cm³/mol. The maximum atomic E-state index is 13.4. The van der Waals surface area contributed by atoms with Gasteiger partial charge in [-0.3, -0.25) is 0 Å². The van der Waals surface area contributed by atoms with E-state index >= 15 is 0 Å². The van der Waals surface area contributed by atoms with Crippen molar-refractivity contribution in [2.75, 3.05) is 6.61 Å². The molecule has 18 heavy (non-hydrogen) atoms. The van der Waals surface area contributed by atoms with E-state index in [1.54, 1.807) is 6.07 Å². The van der Waals surface area contributed by atoms with E-state index < -0.39 is 0 Å². The molecule has 0 radical (unpaired) electrons. The third-order valence-electron chi connectivity index (χ3n) is 3.48. The van der Waals surface area contributed by atoms with E-state index in [4.69, 9.17) is 16.3 Å². The van der Waals surface area contributed by atoms with E-state index in [1.165, 1.54) is 6.07 Å². The number of benzene rings is 1. The number of hydrogen-bond acceptors (Lipinski definition) is 2. The fraction of sp³-hybridized carbons (Fsp3) is 0.571. The third-order valence-corrected chi connectivity index (χ3v) is 3.79. The molecule has 0 aromatic heterocycles. The molecular formula is C14H19ClFNO. The van der Waals surface area contributed by atoms with Gasteiger partial charge in [0, 0.05) is 18.7 Å². The molecule has 0 aliphatic carbocycles. The van der Waals surface area contributed by atoms with Crippen molar-refractivity contribution in [3.05, 3.63) is 34.6 Å². The Bertz CT molecular complexity index is 407. The van der Waals surface area contributed by atoms with Crippen molar-refractivity contribution in [2.24, 2.45) is 0 Å². The summed E-state index contributed by atoms with van der Waals surface area (Å²) < 4.78 is 19.0. The van der Waals surface area contributed by atoms with Crippen LogP contribution in [-0.2, 0) is 4.74 Å². The van der Waals surface area contributed by atoms with Crippen LogP contribution in [0.1, 0.15) is 38.3 Å². The highest BCUT2D eigenvalue weighted by Gasteiger charge is 2.23.